The fraction of sp³-hybridized carbons (Fsp3) is 0.444. The number of aliphatic hydroxyl groups is 1. The average molecular weight is 662 g/mol. The molecule has 2 aromatic rings. The molecule has 0 unspecified atom stereocenters. The summed E-state index contributed by atoms with van der Waals surface area (Å²) in [6.45, 7) is 3.78. The minimum Gasteiger partial charge on any atom is -0.455 e. The molecule has 10 nitrogen and oxygen atoms in total. The summed E-state index contributed by atoms with van der Waals surface area (Å²) in [4.78, 5) is 61.4. The van der Waals surface area contributed by atoms with Gasteiger partial charge in [-0.2, -0.15) is 0 Å². The van der Waals surface area contributed by atoms with E-state index in [0.717, 1.165) is 5.56 Å². The van der Waals surface area contributed by atoms with E-state index in [0.29, 0.717) is 22.7 Å². The molecular formula is C36H40ClN3O7. The monoisotopic (exact) mass is 661 g/mol. The molecule has 3 amide bonds. The number of carbonyl (C=O) groups excluding carboxylic acids is 4. The zero-order valence-corrected chi connectivity index (χ0v) is 27.5. The summed E-state index contributed by atoms with van der Waals surface area (Å²) in [6.07, 6.45) is 6.21. The summed E-state index contributed by atoms with van der Waals surface area (Å²) in [7, 11) is 1.70. The lowest BCUT2D eigenvalue weighted by Crippen LogP contribution is -2.55. The number of allylic oxidation sites excluding steroid dienone is 1. The third-order valence-electron chi connectivity index (χ3n) is 9.95. The molecule has 1 spiro atoms. The van der Waals surface area contributed by atoms with Crippen LogP contribution < -0.4 is 4.90 Å². The maximum atomic E-state index is 14.7. The van der Waals surface area contributed by atoms with Gasteiger partial charge in [-0.05, 0) is 43.9 Å². The Labute approximate surface area is 279 Å². The molecule has 1 N–H and O–H groups in total. The van der Waals surface area contributed by atoms with Gasteiger partial charge in [-0.25, -0.2) is 0 Å². The SMILES string of the molecule is Cc1cccc(Cl)c1N1CC=C[C@@]23O[C@H]4/C=C\CCC(=O)N(C)[C@@H](C)[C@H](c5ccccc5)OC(=O)[C@H]4[C@@H]2C(=O)N(CCCO)[C@H]3C1=O. The van der Waals surface area contributed by atoms with Crippen LogP contribution in [-0.2, 0) is 28.7 Å². The fourth-order valence-electron chi connectivity index (χ4n) is 7.53. The minimum atomic E-state index is -1.49. The lowest BCUT2D eigenvalue weighted by atomic mass is 9.77. The average Bonchev–Trinajstić information content (AvgIpc) is 3.45. The van der Waals surface area contributed by atoms with Gasteiger partial charge < -0.3 is 29.3 Å². The van der Waals surface area contributed by atoms with Crippen molar-refractivity contribution in [2.24, 2.45) is 11.8 Å². The van der Waals surface area contributed by atoms with Crippen LogP contribution in [0.25, 0.3) is 0 Å². The molecule has 4 heterocycles. The van der Waals surface area contributed by atoms with E-state index in [1.54, 1.807) is 47.2 Å². The smallest absolute Gasteiger partial charge is 0.313 e. The number of carbonyl (C=O) groups is 4. The highest BCUT2D eigenvalue weighted by molar-refractivity contribution is 6.34. The fourth-order valence-corrected chi connectivity index (χ4v) is 7.86. The van der Waals surface area contributed by atoms with Crippen molar-refractivity contribution in [3.05, 3.63) is 89.0 Å². The number of hydrogen-bond acceptors (Lipinski definition) is 7. The van der Waals surface area contributed by atoms with Gasteiger partial charge in [-0.3, -0.25) is 19.2 Å². The van der Waals surface area contributed by atoms with Gasteiger partial charge in [0.15, 0.2) is 0 Å². The van der Waals surface area contributed by atoms with Gasteiger partial charge >= 0.3 is 5.97 Å². The van der Waals surface area contributed by atoms with Crippen molar-refractivity contribution in [2.75, 3.05) is 31.6 Å². The molecule has 0 bridgehead atoms. The van der Waals surface area contributed by atoms with Crippen molar-refractivity contribution in [3.63, 3.8) is 0 Å². The number of aliphatic hydroxyl groups excluding tert-OH is 1. The Morgan fingerprint density at radius 1 is 1.02 bits per heavy atom. The van der Waals surface area contributed by atoms with Crippen molar-refractivity contribution in [1.82, 2.24) is 9.80 Å². The number of rotatable bonds is 5. The summed E-state index contributed by atoms with van der Waals surface area (Å²) in [5.41, 5.74) is 0.545. The number of anilines is 1. The number of cyclic esters (lactones) is 1. The number of halogens is 1. The lowest BCUT2D eigenvalue weighted by molar-refractivity contribution is -0.164. The standard InChI is InChI=1S/C36H40ClN3O7/c1-22-12-9-15-25(37)30(22)39-19-10-18-36-29(33(43)40(20-11-21-41)32(36)34(39)44)28-26(47-36)16-7-8-17-27(42)38(3)23(2)31(46-35(28)45)24-13-5-4-6-14-24/h4-7,9-10,12-16,18,23,26,28-29,31-32,41H,8,11,17,19-21H2,1-3H3/b16-7-/t23-,26-,28+,29+,31+,32-,36+/m0/s1. The first-order valence-corrected chi connectivity index (χ1v) is 16.5. The summed E-state index contributed by atoms with van der Waals surface area (Å²) < 4.78 is 13.1. The van der Waals surface area contributed by atoms with Crippen LogP contribution in [0.1, 0.15) is 43.4 Å². The second-order valence-electron chi connectivity index (χ2n) is 12.7. The highest BCUT2D eigenvalue weighted by Gasteiger charge is 2.72. The van der Waals surface area contributed by atoms with E-state index in [1.807, 2.05) is 56.3 Å². The molecular weight excluding hydrogens is 622 g/mol. The molecule has 2 saturated heterocycles. The van der Waals surface area contributed by atoms with Crippen LogP contribution in [-0.4, -0.2) is 89.1 Å². The first-order valence-electron chi connectivity index (χ1n) is 16.1. The third-order valence-corrected chi connectivity index (χ3v) is 10.3. The van der Waals surface area contributed by atoms with Gasteiger partial charge in [0.2, 0.25) is 11.8 Å². The van der Waals surface area contributed by atoms with Crippen LogP contribution in [0.15, 0.2) is 72.8 Å². The van der Waals surface area contributed by atoms with Crippen molar-refractivity contribution in [3.8, 4) is 0 Å². The van der Waals surface area contributed by atoms with Gasteiger partial charge in [0.05, 0.1) is 28.8 Å². The van der Waals surface area contributed by atoms with Crippen molar-refractivity contribution in [2.45, 2.75) is 63.0 Å². The highest BCUT2D eigenvalue weighted by atomic mass is 35.5. The zero-order chi connectivity index (χ0) is 33.5. The van der Waals surface area contributed by atoms with Crippen LogP contribution in [0.4, 0.5) is 5.69 Å². The third kappa shape index (κ3) is 5.66. The van der Waals surface area contributed by atoms with E-state index in [2.05, 4.69) is 0 Å². The molecule has 11 heteroatoms. The minimum absolute atomic E-state index is 0.0926. The van der Waals surface area contributed by atoms with E-state index in [-0.39, 0.29) is 38.4 Å². The normalized spacial score (nSPS) is 31.8. The number of hydrogen-bond donors (Lipinski definition) is 1. The van der Waals surface area contributed by atoms with Crippen LogP contribution in [0.3, 0.4) is 0 Å². The van der Waals surface area contributed by atoms with E-state index in [9.17, 15) is 24.3 Å². The Bertz CT molecular complexity index is 1590. The van der Waals surface area contributed by atoms with Gasteiger partial charge in [0.1, 0.15) is 23.7 Å². The van der Waals surface area contributed by atoms with Crippen molar-refractivity contribution < 1.29 is 33.8 Å². The van der Waals surface area contributed by atoms with Crippen LogP contribution in [0, 0.1) is 18.8 Å². The summed E-state index contributed by atoms with van der Waals surface area (Å²) in [6, 6.07) is 13.0. The number of fused-ring (bicyclic) bond motifs is 2. The first-order chi connectivity index (χ1) is 22.6. The molecule has 0 aliphatic carbocycles. The topological polar surface area (TPSA) is 117 Å². The van der Waals surface area contributed by atoms with E-state index in [1.165, 1.54) is 4.90 Å². The molecule has 0 aromatic heterocycles. The molecule has 6 rings (SSSR count). The van der Waals surface area contributed by atoms with Crippen LogP contribution in [0.2, 0.25) is 5.02 Å². The number of likely N-dealkylation sites (N-methyl/N-ethyl adjacent to an activating group) is 1. The largest absolute Gasteiger partial charge is 0.455 e. The molecule has 4 aliphatic heterocycles. The summed E-state index contributed by atoms with van der Waals surface area (Å²) in [5.74, 6) is -3.71. The number of ether oxygens (including phenoxy) is 2. The highest BCUT2D eigenvalue weighted by Crippen LogP contribution is 2.54. The zero-order valence-electron chi connectivity index (χ0n) is 26.8. The first kappa shape index (κ1) is 32.9. The summed E-state index contributed by atoms with van der Waals surface area (Å²) in [5, 5.41) is 10.1. The number of aryl methyl sites for hydroxylation is 1. The van der Waals surface area contributed by atoms with E-state index < -0.39 is 59.5 Å². The van der Waals surface area contributed by atoms with Gasteiger partial charge in [0, 0.05) is 33.2 Å². The van der Waals surface area contributed by atoms with Gasteiger partial charge in [0.25, 0.3) is 5.91 Å². The Balaban J connectivity index is 1.46. The molecule has 7 atom stereocenters. The number of benzene rings is 2. The van der Waals surface area contributed by atoms with Gasteiger partial charge in [-0.1, -0.05) is 78.4 Å². The van der Waals surface area contributed by atoms with E-state index in [4.69, 9.17) is 21.1 Å². The molecule has 4 aliphatic rings. The number of esters is 1. The van der Waals surface area contributed by atoms with Crippen molar-refractivity contribution in [1.29, 1.82) is 0 Å². The second-order valence-corrected chi connectivity index (χ2v) is 13.1. The number of nitrogens with zero attached hydrogens (tertiary/aromatic N) is 3. The quantitative estimate of drug-likeness (QED) is 0.381. The Hall–Kier alpha value is -3.99. The van der Waals surface area contributed by atoms with Gasteiger partial charge in [-0.15, -0.1) is 0 Å². The predicted molar refractivity (Wildman–Crippen MR) is 175 cm³/mol. The van der Waals surface area contributed by atoms with Crippen molar-refractivity contribution >= 4 is 41.0 Å². The molecule has 0 radical (unpaired) electrons. The maximum absolute atomic E-state index is 14.7. The predicted octanol–water partition coefficient (Wildman–Crippen LogP) is 4.00. The second kappa shape index (κ2) is 13.3. The summed E-state index contributed by atoms with van der Waals surface area (Å²) >= 11 is 6.63. The molecule has 0 saturated carbocycles. The molecule has 2 aromatic carbocycles. The molecule has 2 fully saturated rings. The maximum Gasteiger partial charge on any atom is 0.313 e. The lowest BCUT2D eigenvalue weighted by Gasteiger charge is -2.36. The Kier molecular flexibility index (Phi) is 9.29. The molecule has 47 heavy (non-hydrogen) atoms. The Morgan fingerprint density at radius 2 is 1.79 bits per heavy atom. The van der Waals surface area contributed by atoms with E-state index >= 15 is 0 Å². The number of para-hydroxylation sites is 1. The molecule has 248 valence electrons. The van der Waals surface area contributed by atoms with Crippen LogP contribution >= 0.6 is 11.6 Å². The number of likely N-dealkylation sites (tertiary alicyclic amines) is 1. The Morgan fingerprint density at radius 3 is 2.51 bits per heavy atom. The van der Waals surface area contributed by atoms with Crippen LogP contribution in [0.5, 0.6) is 0 Å². The number of amides is 3.